The second-order valence-electron chi connectivity index (χ2n) is 6.81. The lowest BCUT2D eigenvalue weighted by atomic mass is 9.85. The molecule has 1 N–H and O–H groups in total. The van der Waals surface area contributed by atoms with Crippen LogP contribution >= 0.6 is 0 Å². The molecule has 3 heterocycles. The third kappa shape index (κ3) is 2.23. The molecule has 130 valence electrons. The normalized spacial score (nSPS) is 28.2. The van der Waals surface area contributed by atoms with E-state index in [9.17, 15) is 14.8 Å². The lowest BCUT2D eigenvalue weighted by molar-refractivity contribution is -0.675. The van der Waals surface area contributed by atoms with Gasteiger partial charge in [0, 0.05) is 11.6 Å². The molecule has 0 fully saturated rings. The molecule has 25 heavy (non-hydrogen) atoms. The van der Waals surface area contributed by atoms with Crippen molar-refractivity contribution in [3.63, 3.8) is 0 Å². The molecule has 1 aromatic carbocycles. The van der Waals surface area contributed by atoms with Crippen molar-refractivity contribution in [1.29, 1.82) is 0 Å². The van der Waals surface area contributed by atoms with E-state index >= 15 is 0 Å². The Balaban J connectivity index is 1.93. The zero-order valence-electron chi connectivity index (χ0n) is 13.9. The molecule has 2 aliphatic heterocycles. The minimum atomic E-state index is -1.06. The summed E-state index contributed by atoms with van der Waals surface area (Å²) in [7, 11) is 0. The van der Waals surface area contributed by atoms with Crippen LogP contribution in [0.3, 0.4) is 0 Å². The lowest BCUT2D eigenvalue weighted by Gasteiger charge is -2.44. The SMILES string of the molecule is CC1C(=O)C=C[N+](=O)N1C1c2cc3nonc3cc2OC(C)(C)C1O. The van der Waals surface area contributed by atoms with Crippen molar-refractivity contribution < 1.29 is 24.1 Å². The highest BCUT2D eigenvalue weighted by atomic mass is 16.6. The summed E-state index contributed by atoms with van der Waals surface area (Å²) in [5.41, 5.74) is 0.549. The van der Waals surface area contributed by atoms with E-state index in [1.807, 2.05) is 0 Å². The molecule has 0 saturated heterocycles. The number of fused-ring (bicyclic) bond motifs is 2. The van der Waals surface area contributed by atoms with Crippen molar-refractivity contribution in [2.75, 3.05) is 0 Å². The van der Waals surface area contributed by atoms with Crippen LogP contribution < -0.4 is 4.74 Å². The highest BCUT2D eigenvalue weighted by Gasteiger charge is 2.53. The molecular formula is C16H17N4O5+. The van der Waals surface area contributed by atoms with Gasteiger partial charge in [0.1, 0.15) is 40.6 Å². The van der Waals surface area contributed by atoms with Crippen molar-refractivity contribution in [1.82, 2.24) is 15.3 Å². The van der Waals surface area contributed by atoms with E-state index in [0.717, 1.165) is 6.20 Å². The first-order chi connectivity index (χ1) is 11.8. The summed E-state index contributed by atoms with van der Waals surface area (Å²) in [6.45, 7) is 5.07. The van der Waals surface area contributed by atoms with E-state index in [0.29, 0.717) is 27.2 Å². The monoisotopic (exact) mass is 345 g/mol. The Morgan fingerprint density at radius 2 is 1.96 bits per heavy atom. The maximum atomic E-state index is 12.4. The fourth-order valence-corrected chi connectivity index (χ4v) is 3.35. The summed E-state index contributed by atoms with van der Waals surface area (Å²) < 4.78 is 10.7. The number of rotatable bonds is 1. The number of ketones is 1. The summed E-state index contributed by atoms with van der Waals surface area (Å²) >= 11 is 0. The number of carbonyl (C=O) groups is 1. The molecule has 0 radical (unpaired) electrons. The zero-order valence-corrected chi connectivity index (χ0v) is 13.9. The number of hydrogen-bond donors (Lipinski definition) is 1. The van der Waals surface area contributed by atoms with Crippen molar-refractivity contribution in [3.05, 3.63) is 34.9 Å². The molecule has 0 aliphatic carbocycles. The van der Waals surface area contributed by atoms with Gasteiger partial charge < -0.3 is 9.84 Å². The van der Waals surface area contributed by atoms with Crippen LogP contribution in [0.25, 0.3) is 11.0 Å². The van der Waals surface area contributed by atoms with Crippen LogP contribution in [-0.4, -0.2) is 48.8 Å². The smallest absolute Gasteiger partial charge is 0.260 e. The summed E-state index contributed by atoms with van der Waals surface area (Å²) in [5, 5.41) is 19.8. The molecule has 1 aromatic heterocycles. The lowest BCUT2D eigenvalue weighted by Crippen LogP contribution is -2.58. The van der Waals surface area contributed by atoms with E-state index < -0.39 is 23.8 Å². The maximum Gasteiger partial charge on any atom is 0.260 e. The van der Waals surface area contributed by atoms with Gasteiger partial charge in [-0.05, 0) is 37.2 Å². The molecule has 9 nitrogen and oxygen atoms in total. The number of aromatic nitrogens is 2. The van der Waals surface area contributed by atoms with Crippen molar-refractivity contribution in [2.24, 2.45) is 0 Å². The first-order valence-corrected chi connectivity index (χ1v) is 7.89. The summed E-state index contributed by atoms with van der Waals surface area (Å²) in [6.07, 6.45) is 1.32. The molecule has 9 heteroatoms. The third-order valence-electron chi connectivity index (χ3n) is 4.78. The van der Waals surface area contributed by atoms with Gasteiger partial charge in [0.2, 0.25) is 0 Å². The largest absolute Gasteiger partial charge is 0.485 e. The van der Waals surface area contributed by atoms with Crippen molar-refractivity contribution in [2.45, 2.75) is 44.6 Å². The van der Waals surface area contributed by atoms with Gasteiger partial charge in [-0.1, -0.05) is 0 Å². The molecule has 4 rings (SSSR count). The fourth-order valence-electron chi connectivity index (χ4n) is 3.35. The molecule has 0 bridgehead atoms. The zero-order chi connectivity index (χ0) is 17.9. The van der Waals surface area contributed by atoms with E-state index in [4.69, 9.17) is 9.37 Å². The summed E-state index contributed by atoms with van der Waals surface area (Å²) in [5.74, 6) is 0.250. The quantitative estimate of drug-likeness (QED) is 0.770. The Kier molecular flexibility index (Phi) is 3.20. The standard InChI is InChI=1S/C16H17N4O5/c1-8-12(21)4-5-19(23)20(8)14-9-6-10-11(18-25-17-10)7-13(9)24-16(2,3)15(14)22/h4-8,14-15,22H,1-3H3/q+1. The highest BCUT2D eigenvalue weighted by Crippen LogP contribution is 2.45. The second-order valence-corrected chi connectivity index (χ2v) is 6.81. The Labute approximate surface area is 142 Å². The minimum Gasteiger partial charge on any atom is -0.485 e. The second kappa shape index (κ2) is 5.09. The van der Waals surface area contributed by atoms with Gasteiger partial charge in [0.25, 0.3) is 6.20 Å². The van der Waals surface area contributed by atoms with Crippen LogP contribution in [0, 0.1) is 4.91 Å². The van der Waals surface area contributed by atoms with Crippen LogP contribution in [0.5, 0.6) is 5.75 Å². The van der Waals surface area contributed by atoms with Crippen LogP contribution in [0.1, 0.15) is 32.4 Å². The molecule has 2 aliphatic rings. The first kappa shape index (κ1) is 15.7. The molecular weight excluding hydrogens is 328 g/mol. The Hall–Kier alpha value is -2.81. The van der Waals surface area contributed by atoms with Crippen LogP contribution in [-0.2, 0) is 4.79 Å². The number of ether oxygens (including phenoxy) is 1. The van der Waals surface area contributed by atoms with Crippen LogP contribution in [0.2, 0.25) is 0 Å². The van der Waals surface area contributed by atoms with Crippen molar-refractivity contribution >= 4 is 16.8 Å². The Morgan fingerprint density at radius 1 is 1.28 bits per heavy atom. The molecule has 3 unspecified atom stereocenters. The van der Waals surface area contributed by atoms with Gasteiger partial charge in [0.05, 0.1) is 11.0 Å². The van der Waals surface area contributed by atoms with Crippen LogP contribution in [0.4, 0.5) is 0 Å². The van der Waals surface area contributed by atoms with E-state index in [-0.39, 0.29) is 5.78 Å². The predicted molar refractivity (Wildman–Crippen MR) is 84.3 cm³/mol. The number of hydrazine groups is 1. The molecule has 3 atom stereocenters. The van der Waals surface area contributed by atoms with Gasteiger partial charge in [-0.15, -0.1) is 5.01 Å². The highest BCUT2D eigenvalue weighted by molar-refractivity contribution is 5.94. The number of benzene rings is 1. The van der Waals surface area contributed by atoms with Crippen molar-refractivity contribution in [3.8, 4) is 5.75 Å². The van der Waals surface area contributed by atoms with Gasteiger partial charge in [-0.25, -0.2) is 4.63 Å². The fraction of sp³-hybridized carbons (Fsp3) is 0.438. The molecule has 0 spiro atoms. The number of aliphatic hydroxyl groups is 1. The molecule has 2 aromatic rings. The predicted octanol–water partition coefficient (Wildman–Crippen LogP) is 1.28. The third-order valence-corrected chi connectivity index (χ3v) is 4.78. The van der Waals surface area contributed by atoms with E-state index in [1.54, 1.807) is 32.9 Å². The van der Waals surface area contributed by atoms with E-state index in [1.165, 1.54) is 11.1 Å². The maximum absolute atomic E-state index is 12.4. The number of nitrogens with zero attached hydrogens (tertiary/aromatic N) is 4. The Morgan fingerprint density at radius 3 is 2.68 bits per heavy atom. The summed E-state index contributed by atoms with van der Waals surface area (Å²) in [4.78, 5) is 25.1. The van der Waals surface area contributed by atoms with Gasteiger partial charge >= 0.3 is 0 Å². The number of hydrogen-bond acceptors (Lipinski definition) is 7. The average Bonchev–Trinajstić information content (AvgIpc) is 3.00. The summed E-state index contributed by atoms with van der Waals surface area (Å²) in [6, 6.07) is 1.80. The number of nitroso groups, excluding NO2 is 1. The Bertz CT molecular complexity index is 918. The first-order valence-electron chi connectivity index (χ1n) is 7.89. The molecule has 0 amide bonds. The molecule has 0 saturated carbocycles. The van der Waals surface area contributed by atoms with Gasteiger partial charge in [-0.2, -0.15) is 0 Å². The topological polar surface area (TPSA) is 109 Å². The average molecular weight is 345 g/mol. The van der Waals surface area contributed by atoms with Crippen LogP contribution in [0.15, 0.2) is 29.0 Å². The number of carbonyl (C=O) groups excluding carboxylic acids is 1. The number of aliphatic hydroxyl groups excluding tert-OH is 1. The van der Waals surface area contributed by atoms with Gasteiger partial charge in [-0.3, -0.25) is 4.79 Å². The van der Waals surface area contributed by atoms with E-state index in [2.05, 4.69) is 10.3 Å². The van der Waals surface area contributed by atoms with Gasteiger partial charge in [0.15, 0.2) is 10.7 Å². The minimum absolute atomic E-state index is 0.214.